The predicted molar refractivity (Wildman–Crippen MR) is 69.3 cm³/mol. The summed E-state index contributed by atoms with van der Waals surface area (Å²) in [5, 5.41) is 0. The molecular weight excluding hydrogens is 277 g/mol. The fraction of sp³-hybridized carbons (Fsp3) is 0.0833. The summed E-state index contributed by atoms with van der Waals surface area (Å²) in [6.07, 6.45) is 0. The van der Waals surface area contributed by atoms with Crippen LogP contribution in [0.25, 0.3) is 0 Å². The van der Waals surface area contributed by atoms with Crippen LogP contribution in [0, 0.1) is 5.82 Å². The van der Waals surface area contributed by atoms with Crippen LogP contribution in [0.2, 0.25) is 4.34 Å². The zero-order valence-electron chi connectivity index (χ0n) is 9.15. The summed E-state index contributed by atoms with van der Waals surface area (Å²) in [5.74, 6) is -1.08. The van der Waals surface area contributed by atoms with Crippen molar-refractivity contribution in [2.75, 3.05) is 5.73 Å². The number of halogens is 2. The molecule has 0 saturated heterocycles. The molecule has 2 aromatic rings. The lowest BCUT2D eigenvalue weighted by Crippen LogP contribution is -2.08. The second-order valence-electron chi connectivity index (χ2n) is 3.51. The van der Waals surface area contributed by atoms with Crippen LogP contribution in [0.15, 0.2) is 30.3 Å². The normalized spacial score (nSPS) is 10.3. The Kier molecular flexibility index (Phi) is 3.84. The van der Waals surface area contributed by atoms with Gasteiger partial charge in [-0.3, -0.25) is 0 Å². The molecule has 0 aliphatic rings. The smallest absolute Gasteiger partial charge is 0.340 e. The van der Waals surface area contributed by atoms with E-state index in [2.05, 4.69) is 0 Å². The van der Waals surface area contributed by atoms with Crippen molar-refractivity contribution in [2.45, 2.75) is 6.61 Å². The molecule has 0 spiro atoms. The van der Waals surface area contributed by atoms with E-state index < -0.39 is 11.8 Å². The number of nitrogen functional groups attached to an aromatic ring is 1. The lowest BCUT2D eigenvalue weighted by atomic mass is 10.2. The average Bonchev–Trinajstić information content (AvgIpc) is 2.72. The van der Waals surface area contributed by atoms with Crippen LogP contribution >= 0.6 is 22.9 Å². The van der Waals surface area contributed by atoms with E-state index in [0.29, 0.717) is 4.34 Å². The quantitative estimate of drug-likeness (QED) is 0.694. The zero-order chi connectivity index (χ0) is 13.1. The molecule has 1 aromatic carbocycles. The number of nitrogens with two attached hydrogens (primary N) is 1. The summed E-state index contributed by atoms with van der Waals surface area (Å²) < 4.78 is 18.5. The Balaban J connectivity index is 2.03. The maximum absolute atomic E-state index is 12.8. The van der Waals surface area contributed by atoms with Crippen molar-refractivity contribution in [3.05, 3.63) is 50.9 Å². The number of ether oxygens (including phenoxy) is 1. The fourth-order valence-corrected chi connectivity index (χ4v) is 2.36. The van der Waals surface area contributed by atoms with Crippen molar-refractivity contribution in [3.8, 4) is 0 Å². The minimum atomic E-state index is -0.586. The van der Waals surface area contributed by atoms with Gasteiger partial charge in [-0.25, -0.2) is 9.18 Å². The Morgan fingerprint density at radius 2 is 2.17 bits per heavy atom. The second kappa shape index (κ2) is 5.37. The van der Waals surface area contributed by atoms with Gasteiger partial charge in [0.2, 0.25) is 0 Å². The van der Waals surface area contributed by atoms with Crippen LogP contribution < -0.4 is 5.73 Å². The van der Waals surface area contributed by atoms with Crippen molar-refractivity contribution in [2.24, 2.45) is 0 Å². The molecule has 6 heteroatoms. The Labute approximate surface area is 112 Å². The third kappa shape index (κ3) is 3.00. The number of carbonyl (C=O) groups is 1. The number of esters is 1. The molecule has 2 N–H and O–H groups in total. The van der Waals surface area contributed by atoms with Crippen molar-refractivity contribution < 1.29 is 13.9 Å². The van der Waals surface area contributed by atoms with Crippen molar-refractivity contribution in [1.82, 2.24) is 0 Å². The monoisotopic (exact) mass is 285 g/mol. The van der Waals surface area contributed by atoms with E-state index in [9.17, 15) is 9.18 Å². The lowest BCUT2D eigenvalue weighted by Gasteiger charge is -2.05. The highest BCUT2D eigenvalue weighted by Crippen LogP contribution is 2.22. The van der Waals surface area contributed by atoms with Crippen LogP contribution in [0.5, 0.6) is 0 Å². The van der Waals surface area contributed by atoms with Gasteiger partial charge in [0.25, 0.3) is 0 Å². The molecule has 0 fully saturated rings. The predicted octanol–water partition coefficient (Wildman–Crippen LogP) is 3.48. The third-order valence-corrected chi connectivity index (χ3v) is 3.41. The van der Waals surface area contributed by atoms with Gasteiger partial charge in [0, 0.05) is 10.6 Å². The van der Waals surface area contributed by atoms with E-state index in [0.717, 1.165) is 17.0 Å². The molecule has 0 amide bonds. The van der Waals surface area contributed by atoms with E-state index in [4.69, 9.17) is 22.1 Å². The summed E-state index contributed by atoms with van der Waals surface area (Å²) in [6, 6.07) is 7.04. The first kappa shape index (κ1) is 12.9. The molecule has 0 aliphatic carbocycles. The van der Waals surface area contributed by atoms with Gasteiger partial charge in [0.05, 0.1) is 9.90 Å². The summed E-state index contributed by atoms with van der Waals surface area (Å²) in [5.41, 5.74) is 5.75. The summed E-state index contributed by atoms with van der Waals surface area (Å²) in [7, 11) is 0. The van der Waals surface area contributed by atoms with E-state index >= 15 is 0 Å². The van der Waals surface area contributed by atoms with Crippen LogP contribution in [-0.4, -0.2) is 5.97 Å². The number of hydrogen-bond acceptors (Lipinski definition) is 4. The molecule has 3 nitrogen and oxygen atoms in total. The molecule has 0 radical (unpaired) electrons. The first-order chi connectivity index (χ1) is 8.56. The van der Waals surface area contributed by atoms with E-state index in [-0.39, 0.29) is 17.9 Å². The molecule has 94 valence electrons. The Hall–Kier alpha value is -1.59. The number of benzene rings is 1. The number of thiophene rings is 1. The topological polar surface area (TPSA) is 52.3 Å². The van der Waals surface area contributed by atoms with Crippen LogP contribution in [0.4, 0.5) is 10.1 Å². The van der Waals surface area contributed by atoms with Gasteiger partial charge in [-0.15, -0.1) is 11.3 Å². The van der Waals surface area contributed by atoms with Gasteiger partial charge in [0.1, 0.15) is 12.4 Å². The highest BCUT2D eigenvalue weighted by atomic mass is 35.5. The maximum Gasteiger partial charge on any atom is 0.340 e. The fourth-order valence-electron chi connectivity index (χ4n) is 1.36. The zero-order valence-corrected chi connectivity index (χ0v) is 10.7. The number of rotatable bonds is 3. The Bertz CT molecular complexity index is 585. The standard InChI is InChI=1S/C12H9ClFNO2S/c13-11-4-2-8(18-11)6-17-12(16)9-3-1-7(14)5-10(9)15/h1-5H,6,15H2. The van der Waals surface area contributed by atoms with Gasteiger partial charge in [0.15, 0.2) is 0 Å². The highest BCUT2D eigenvalue weighted by Gasteiger charge is 2.12. The van der Waals surface area contributed by atoms with E-state index in [1.807, 2.05) is 0 Å². The van der Waals surface area contributed by atoms with Gasteiger partial charge >= 0.3 is 5.97 Å². The largest absolute Gasteiger partial charge is 0.456 e. The summed E-state index contributed by atoms with van der Waals surface area (Å²) >= 11 is 7.08. The number of anilines is 1. The van der Waals surface area contributed by atoms with Crippen molar-refractivity contribution >= 4 is 34.6 Å². The molecule has 18 heavy (non-hydrogen) atoms. The van der Waals surface area contributed by atoms with Crippen LogP contribution in [-0.2, 0) is 11.3 Å². The second-order valence-corrected chi connectivity index (χ2v) is 5.31. The lowest BCUT2D eigenvalue weighted by molar-refractivity contribution is 0.0478. The van der Waals surface area contributed by atoms with E-state index in [1.54, 1.807) is 12.1 Å². The van der Waals surface area contributed by atoms with Crippen LogP contribution in [0.3, 0.4) is 0 Å². The first-order valence-electron chi connectivity index (χ1n) is 5.02. The van der Waals surface area contributed by atoms with Crippen molar-refractivity contribution in [3.63, 3.8) is 0 Å². The molecule has 1 aromatic heterocycles. The molecule has 2 rings (SSSR count). The van der Waals surface area contributed by atoms with Gasteiger partial charge in [-0.05, 0) is 30.3 Å². The third-order valence-electron chi connectivity index (χ3n) is 2.21. The molecule has 0 aliphatic heterocycles. The first-order valence-corrected chi connectivity index (χ1v) is 6.22. The highest BCUT2D eigenvalue weighted by molar-refractivity contribution is 7.16. The average molecular weight is 286 g/mol. The van der Waals surface area contributed by atoms with Gasteiger partial charge in [-0.2, -0.15) is 0 Å². The van der Waals surface area contributed by atoms with Gasteiger partial charge in [-0.1, -0.05) is 11.6 Å². The molecule has 0 saturated carbocycles. The Morgan fingerprint density at radius 1 is 1.39 bits per heavy atom. The summed E-state index contributed by atoms with van der Waals surface area (Å²) in [4.78, 5) is 12.5. The van der Waals surface area contributed by atoms with Crippen molar-refractivity contribution in [1.29, 1.82) is 0 Å². The summed E-state index contributed by atoms with van der Waals surface area (Å²) in [6.45, 7) is 0.118. The molecular formula is C12H9ClFNO2S. The Morgan fingerprint density at radius 3 is 2.78 bits per heavy atom. The van der Waals surface area contributed by atoms with Gasteiger partial charge < -0.3 is 10.5 Å². The molecule has 0 atom stereocenters. The maximum atomic E-state index is 12.8. The van der Waals surface area contributed by atoms with E-state index in [1.165, 1.54) is 17.4 Å². The number of carbonyl (C=O) groups excluding carboxylic acids is 1. The molecule has 1 heterocycles. The van der Waals surface area contributed by atoms with Crippen LogP contribution in [0.1, 0.15) is 15.2 Å². The minimum Gasteiger partial charge on any atom is -0.456 e. The SMILES string of the molecule is Nc1cc(F)ccc1C(=O)OCc1ccc(Cl)s1. The minimum absolute atomic E-state index is 0.0595. The molecule has 0 bridgehead atoms. The number of hydrogen-bond donors (Lipinski definition) is 1. The molecule has 0 unspecified atom stereocenters.